The minimum atomic E-state index is -0.153. The van der Waals surface area contributed by atoms with Gasteiger partial charge in [-0.05, 0) is 31.2 Å². The summed E-state index contributed by atoms with van der Waals surface area (Å²) < 4.78 is 5.67. The minimum absolute atomic E-state index is 0.0579. The molecule has 0 aliphatic rings. The molecule has 2 rings (SSSR count). The van der Waals surface area contributed by atoms with Crippen LogP contribution in [0.2, 0.25) is 0 Å². The molecule has 1 amide bonds. The number of nitrogens with zero attached hydrogens (tertiary/aromatic N) is 1. The Balaban J connectivity index is 1.99. The molecule has 21 heavy (non-hydrogen) atoms. The molecule has 110 valence electrons. The topological polar surface area (TPSA) is 77.2 Å². The molecule has 0 unspecified atom stereocenters. The number of rotatable bonds is 6. The van der Waals surface area contributed by atoms with E-state index in [0.717, 1.165) is 5.56 Å². The third-order valence-electron chi connectivity index (χ3n) is 2.96. The Bertz CT molecular complexity index is 587. The summed E-state index contributed by atoms with van der Waals surface area (Å²) in [6.45, 7) is 2.68. The predicted molar refractivity (Wildman–Crippen MR) is 81.0 cm³/mol. The quantitative estimate of drug-likeness (QED) is 0.847. The molecule has 1 heterocycles. The zero-order valence-electron chi connectivity index (χ0n) is 12.0. The lowest BCUT2D eigenvalue weighted by Crippen LogP contribution is -2.37. The molecule has 0 aliphatic heterocycles. The lowest BCUT2D eigenvalue weighted by molar-refractivity contribution is 0.0941. The summed E-state index contributed by atoms with van der Waals surface area (Å²) in [7, 11) is 0. The van der Waals surface area contributed by atoms with Crippen LogP contribution in [0, 0.1) is 0 Å². The Morgan fingerprint density at radius 2 is 2.24 bits per heavy atom. The second-order valence-electron chi connectivity index (χ2n) is 4.79. The monoisotopic (exact) mass is 285 g/mol. The number of carbonyl (C=O) groups is 1. The van der Waals surface area contributed by atoms with Crippen LogP contribution >= 0.6 is 0 Å². The lowest BCUT2D eigenvalue weighted by Gasteiger charge is -2.12. The van der Waals surface area contributed by atoms with Gasteiger partial charge in [-0.2, -0.15) is 0 Å². The van der Waals surface area contributed by atoms with Crippen LogP contribution in [0.1, 0.15) is 22.8 Å². The number of benzene rings is 1. The summed E-state index contributed by atoms with van der Waals surface area (Å²) in [5.74, 6) is 0.492. The molecule has 2 aromatic rings. The van der Waals surface area contributed by atoms with Gasteiger partial charge in [0.25, 0.3) is 5.91 Å². The molecule has 5 nitrogen and oxygen atoms in total. The molecule has 1 atom stereocenters. The largest absolute Gasteiger partial charge is 0.489 e. The van der Waals surface area contributed by atoms with Crippen molar-refractivity contribution in [2.45, 2.75) is 19.6 Å². The highest BCUT2D eigenvalue weighted by atomic mass is 16.5. The Kier molecular flexibility index (Phi) is 5.29. The van der Waals surface area contributed by atoms with E-state index in [1.54, 1.807) is 30.6 Å². The summed E-state index contributed by atoms with van der Waals surface area (Å²) in [6, 6.07) is 10.8. The van der Waals surface area contributed by atoms with Gasteiger partial charge in [-0.15, -0.1) is 0 Å². The van der Waals surface area contributed by atoms with Gasteiger partial charge in [-0.25, -0.2) is 0 Å². The molecule has 0 radical (unpaired) electrons. The molecule has 5 heteroatoms. The van der Waals surface area contributed by atoms with Gasteiger partial charge in [0.05, 0.1) is 0 Å². The number of amides is 1. The Labute approximate surface area is 124 Å². The maximum atomic E-state index is 12.0. The SMILES string of the molecule is C[C@@H](CN)NC(=O)c1cccc(OCc2cccnc2)c1. The fourth-order valence-electron chi connectivity index (χ4n) is 1.74. The molecule has 0 fully saturated rings. The molecule has 0 bridgehead atoms. The van der Waals surface area contributed by atoms with Crippen molar-refractivity contribution in [2.75, 3.05) is 6.54 Å². The first-order chi connectivity index (χ1) is 10.2. The first-order valence-corrected chi connectivity index (χ1v) is 6.81. The molecule has 3 N–H and O–H groups in total. The number of hydrogen-bond donors (Lipinski definition) is 2. The van der Waals surface area contributed by atoms with Gasteiger partial charge < -0.3 is 15.8 Å². The van der Waals surface area contributed by atoms with E-state index < -0.39 is 0 Å². The van der Waals surface area contributed by atoms with Gasteiger partial charge in [-0.3, -0.25) is 9.78 Å². The first-order valence-electron chi connectivity index (χ1n) is 6.81. The van der Waals surface area contributed by atoms with Crippen molar-refractivity contribution in [3.8, 4) is 5.75 Å². The third-order valence-corrected chi connectivity index (χ3v) is 2.96. The van der Waals surface area contributed by atoms with Crippen LogP contribution < -0.4 is 15.8 Å². The molecule has 0 aliphatic carbocycles. The maximum Gasteiger partial charge on any atom is 0.251 e. The summed E-state index contributed by atoms with van der Waals surface area (Å²) in [4.78, 5) is 16.0. The molecular weight excluding hydrogens is 266 g/mol. The first kappa shape index (κ1) is 15.0. The third kappa shape index (κ3) is 4.57. The number of pyridine rings is 1. The van der Waals surface area contributed by atoms with Crippen LogP contribution in [0.5, 0.6) is 5.75 Å². The highest BCUT2D eigenvalue weighted by molar-refractivity contribution is 5.94. The second kappa shape index (κ2) is 7.40. The number of nitrogens with two attached hydrogens (primary N) is 1. The van der Waals surface area contributed by atoms with E-state index in [1.165, 1.54) is 0 Å². The smallest absolute Gasteiger partial charge is 0.251 e. The van der Waals surface area contributed by atoms with Gasteiger partial charge in [0.1, 0.15) is 12.4 Å². The van der Waals surface area contributed by atoms with E-state index in [4.69, 9.17) is 10.5 Å². The van der Waals surface area contributed by atoms with Crippen molar-refractivity contribution < 1.29 is 9.53 Å². The number of carbonyl (C=O) groups excluding carboxylic acids is 1. The summed E-state index contributed by atoms with van der Waals surface area (Å²) in [5.41, 5.74) is 7.03. The standard InChI is InChI=1S/C16H19N3O2/c1-12(9-17)19-16(20)14-5-2-6-15(8-14)21-11-13-4-3-7-18-10-13/h2-8,10,12H,9,11,17H2,1H3,(H,19,20)/t12-/m0/s1. The van der Waals surface area contributed by atoms with Crippen molar-refractivity contribution in [1.29, 1.82) is 0 Å². The van der Waals surface area contributed by atoms with Crippen molar-refractivity contribution in [1.82, 2.24) is 10.3 Å². The van der Waals surface area contributed by atoms with E-state index >= 15 is 0 Å². The van der Waals surface area contributed by atoms with Gasteiger partial charge in [0.15, 0.2) is 0 Å². The Morgan fingerprint density at radius 3 is 2.95 bits per heavy atom. The van der Waals surface area contributed by atoms with Crippen LogP contribution in [0.4, 0.5) is 0 Å². The van der Waals surface area contributed by atoms with Crippen molar-refractivity contribution in [3.63, 3.8) is 0 Å². The van der Waals surface area contributed by atoms with Gasteiger partial charge >= 0.3 is 0 Å². The summed E-state index contributed by atoms with van der Waals surface area (Å²) in [6.07, 6.45) is 3.46. The number of nitrogens with one attached hydrogen (secondary N) is 1. The van der Waals surface area contributed by atoms with Crippen LogP contribution in [0.3, 0.4) is 0 Å². The second-order valence-corrected chi connectivity index (χ2v) is 4.79. The van der Waals surface area contributed by atoms with E-state index in [9.17, 15) is 4.79 Å². The van der Waals surface area contributed by atoms with E-state index in [1.807, 2.05) is 25.1 Å². The van der Waals surface area contributed by atoms with E-state index in [2.05, 4.69) is 10.3 Å². The molecule has 0 saturated carbocycles. The van der Waals surface area contributed by atoms with Crippen LogP contribution in [0.25, 0.3) is 0 Å². The van der Waals surface area contributed by atoms with Crippen molar-refractivity contribution >= 4 is 5.91 Å². The molecular formula is C16H19N3O2. The van der Waals surface area contributed by atoms with Crippen molar-refractivity contribution in [2.24, 2.45) is 5.73 Å². The van der Waals surface area contributed by atoms with Gasteiger partial charge in [-0.1, -0.05) is 12.1 Å². The highest BCUT2D eigenvalue weighted by Crippen LogP contribution is 2.15. The van der Waals surface area contributed by atoms with Gasteiger partial charge in [0.2, 0.25) is 0 Å². The van der Waals surface area contributed by atoms with Crippen molar-refractivity contribution in [3.05, 3.63) is 59.9 Å². The molecule has 1 aromatic heterocycles. The van der Waals surface area contributed by atoms with E-state index in [-0.39, 0.29) is 11.9 Å². The van der Waals surface area contributed by atoms with Crippen LogP contribution in [-0.4, -0.2) is 23.5 Å². The maximum absolute atomic E-state index is 12.0. The molecule has 1 aromatic carbocycles. The summed E-state index contributed by atoms with van der Waals surface area (Å²) in [5, 5.41) is 2.82. The number of aromatic nitrogens is 1. The Hall–Kier alpha value is -2.40. The van der Waals surface area contributed by atoms with Crippen LogP contribution in [0.15, 0.2) is 48.8 Å². The van der Waals surface area contributed by atoms with Gasteiger partial charge in [0, 0.05) is 36.1 Å². The zero-order chi connectivity index (χ0) is 15.1. The average molecular weight is 285 g/mol. The van der Waals surface area contributed by atoms with Crippen LogP contribution in [-0.2, 0) is 6.61 Å². The average Bonchev–Trinajstić information content (AvgIpc) is 2.54. The number of hydrogen-bond acceptors (Lipinski definition) is 4. The minimum Gasteiger partial charge on any atom is -0.489 e. The molecule has 0 saturated heterocycles. The lowest BCUT2D eigenvalue weighted by atomic mass is 10.2. The zero-order valence-corrected chi connectivity index (χ0v) is 12.0. The Morgan fingerprint density at radius 1 is 1.38 bits per heavy atom. The number of ether oxygens (including phenoxy) is 1. The normalized spacial score (nSPS) is 11.7. The van der Waals surface area contributed by atoms with E-state index in [0.29, 0.717) is 24.5 Å². The predicted octanol–water partition coefficient (Wildman–Crippen LogP) is 1.74. The fraction of sp³-hybridized carbons (Fsp3) is 0.250. The highest BCUT2D eigenvalue weighted by Gasteiger charge is 2.09. The molecule has 0 spiro atoms. The summed E-state index contributed by atoms with van der Waals surface area (Å²) >= 11 is 0. The fourth-order valence-corrected chi connectivity index (χ4v) is 1.74.